The molecule has 1 nitrogen and oxygen atoms in total. The first-order valence-corrected chi connectivity index (χ1v) is 16.8. The van der Waals surface area contributed by atoms with Crippen LogP contribution in [-0.4, -0.2) is 0 Å². The highest BCUT2D eigenvalue weighted by molar-refractivity contribution is 6.22. The predicted octanol–water partition coefficient (Wildman–Crippen LogP) is 13.7. The van der Waals surface area contributed by atoms with Gasteiger partial charge in [0.25, 0.3) is 0 Å². The highest BCUT2D eigenvalue weighted by Gasteiger charge is 2.19. The van der Waals surface area contributed by atoms with Crippen LogP contribution in [0.4, 0.5) is 0 Å². The maximum atomic E-state index is 6.39. The van der Waals surface area contributed by atoms with Crippen molar-refractivity contribution in [3.05, 3.63) is 182 Å². The largest absolute Gasteiger partial charge is 0.455 e. The zero-order valence-corrected chi connectivity index (χ0v) is 26.7. The lowest BCUT2D eigenvalue weighted by atomic mass is 9.83. The van der Waals surface area contributed by atoms with Gasteiger partial charge in [-0.1, -0.05) is 164 Å². The number of hydrogen-bond donors (Lipinski definition) is 0. The van der Waals surface area contributed by atoms with Crippen LogP contribution < -0.4 is 0 Å². The lowest BCUT2D eigenvalue weighted by molar-refractivity contribution is 0.672. The van der Waals surface area contributed by atoms with E-state index in [9.17, 15) is 0 Å². The predicted molar refractivity (Wildman–Crippen MR) is 208 cm³/mol. The van der Waals surface area contributed by atoms with E-state index in [2.05, 4.69) is 182 Å². The van der Waals surface area contributed by atoms with Crippen molar-refractivity contribution < 1.29 is 4.42 Å². The van der Waals surface area contributed by atoms with Crippen molar-refractivity contribution in [1.82, 2.24) is 0 Å². The molecule has 1 heterocycles. The fourth-order valence-electron chi connectivity index (χ4n) is 7.81. The highest BCUT2D eigenvalue weighted by atomic mass is 16.3. The van der Waals surface area contributed by atoms with Gasteiger partial charge in [0.05, 0.1) is 0 Å². The molecule has 0 amide bonds. The first kappa shape index (κ1) is 27.7. The summed E-state index contributed by atoms with van der Waals surface area (Å²) in [5.41, 5.74) is 11.7. The molecule has 0 unspecified atom stereocenters. The first-order chi connectivity index (χ1) is 24.3. The van der Waals surface area contributed by atoms with Crippen molar-refractivity contribution in [3.63, 3.8) is 0 Å². The van der Waals surface area contributed by atoms with Gasteiger partial charge in [0.15, 0.2) is 0 Å². The summed E-state index contributed by atoms with van der Waals surface area (Å²) in [5.74, 6) is 0. The van der Waals surface area contributed by atoms with E-state index < -0.39 is 0 Å². The summed E-state index contributed by atoms with van der Waals surface area (Å²) in [5, 5.41) is 9.66. The van der Waals surface area contributed by atoms with Crippen molar-refractivity contribution in [2.75, 3.05) is 0 Å². The Morgan fingerprint density at radius 1 is 0.286 bits per heavy atom. The van der Waals surface area contributed by atoms with E-state index in [0.717, 1.165) is 27.3 Å². The van der Waals surface area contributed by atoms with Crippen LogP contribution in [0.2, 0.25) is 0 Å². The summed E-state index contributed by atoms with van der Waals surface area (Å²) in [7, 11) is 0. The van der Waals surface area contributed by atoms with Crippen LogP contribution in [0, 0.1) is 0 Å². The van der Waals surface area contributed by atoms with Gasteiger partial charge in [0.1, 0.15) is 11.2 Å². The minimum Gasteiger partial charge on any atom is -0.455 e. The monoisotopic (exact) mass is 622 g/mol. The van der Waals surface area contributed by atoms with Gasteiger partial charge < -0.3 is 4.42 Å². The Kier molecular flexibility index (Phi) is 6.25. The Labute approximate surface area is 284 Å². The molecule has 0 aliphatic carbocycles. The Morgan fingerprint density at radius 3 is 1.55 bits per heavy atom. The minimum absolute atomic E-state index is 0.915. The topological polar surface area (TPSA) is 13.1 Å². The van der Waals surface area contributed by atoms with Gasteiger partial charge in [-0.3, -0.25) is 0 Å². The molecular weight excluding hydrogens is 593 g/mol. The Bertz CT molecular complexity index is 2800. The number of rotatable bonds is 4. The fourth-order valence-corrected chi connectivity index (χ4v) is 7.81. The molecule has 49 heavy (non-hydrogen) atoms. The van der Waals surface area contributed by atoms with Crippen LogP contribution >= 0.6 is 0 Å². The maximum Gasteiger partial charge on any atom is 0.143 e. The van der Waals surface area contributed by atoms with E-state index in [-0.39, 0.29) is 0 Å². The van der Waals surface area contributed by atoms with E-state index in [0.29, 0.717) is 0 Å². The van der Waals surface area contributed by atoms with Crippen molar-refractivity contribution in [3.8, 4) is 44.5 Å². The van der Waals surface area contributed by atoms with E-state index in [1.165, 1.54) is 71.4 Å². The van der Waals surface area contributed by atoms with E-state index in [4.69, 9.17) is 4.42 Å². The molecule has 0 aliphatic rings. The standard InChI is InChI=1S/C48H30O/c1-2-12-32(13-3-1)36-15-6-7-17-38(36)47-41-20-10-8-18-39(41)46(40-19-9-11-21-42(40)47)34-24-22-31(23-25-34)35-27-29-45-44(30-35)43-28-26-33-14-4-5-16-37(33)48(43)49-45/h1-30H. The number of benzene rings is 9. The van der Waals surface area contributed by atoms with Crippen molar-refractivity contribution >= 4 is 54.3 Å². The van der Waals surface area contributed by atoms with Gasteiger partial charge in [-0.15, -0.1) is 0 Å². The summed E-state index contributed by atoms with van der Waals surface area (Å²) in [4.78, 5) is 0. The molecule has 0 fully saturated rings. The molecule has 0 radical (unpaired) electrons. The molecule has 10 rings (SSSR count). The summed E-state index contributed by atoms with van der Waals surface area (Å²) in [6.45, 7) is 0. The molecular formula is C48H30O. The molecule has 0 aliphatic heterocycles. The van der Waals surface area contributed by atoms with Gasteiger partial charge in [-0.05, 0) is 89.6 Å². The zero-order valence-electron chi connectivity index (χ0n) is 26.7. The second kappa shape index (κ2) is 11.1. The smallest absolute Gasteiger partial charge is 0.143 e. The summed E-state index contributed by atoms with van der Waals surface area (Å²) >= 11 is 0. The Morgan fingerprint density at radius 2 is 0.837 bits per heavy atom. The quantitative estimate of drug-likeness (QED) is 0.178. The molecule has 0 atom stereocenters. The van der Waals surface area contributed by atoms with Crippen LogP contribution in [0.25, 0.3) is 98.8 Å². The number of fused-ring (bicyclic) bond motifs is 7. The SMILES string of the molecule is c1ccc(-c2ccccc2-c2c3ccccc3c(-c3ccc(-c4ccc5oc6c7ccccc7ccc6c5c4)cc3)c3ccccc23)cc1. The average Bonchev–Trinajstić information content (AvgIpc) is 3.56. The molecule has 0 saturated carbocycles. The summed E-state index contributed by atoms with van der Waals surface area (Å²) in [6.07, 6.45) is 0. The van der Waals surface area contributed by atoms with Crippen molar-refractivity contribution in [2.24, 2.45) is 0 Å². The zero-order chi connectivity index (χ0) is 32.3. The minimum atomic E-state index is 0.915. The van der Waals surface area contributed by atoms with Gasteiger partial charge in [0.2, 0.25) is 0 Å². The molecule has 9 aromatic carbocycles. The van der Waals surface area contributed by atoms with Crippen LogP contribution in [0.1, 0.15) is 0 Å². The average molecular weight is 623 g/mol. The highest BCUT2D eigenvalue weighted by Crippen LogP contribution is 2.46. The van der Waals surface area contributed by atoms with E-state index in [1.807, 2.05) is 0 Å². The summed E-state index contributed by atoms with van der Waals surface area (Å²) < 4.78 is 6.39. The molecule has 0 saturated heterocycles. The third-order valence-corrected chi connectivity index (χ3v) is 10.1. The number of hydrogen-bond acceptors (Lipinski definition) is 1. The van der Waals surface area contributed by atoms with Crippen LogP contribution in [0.15, 0.2) is 186 Å². The molecule has 0 N–H and O–H groups in total. The third-order valence-electron chi connectivity index (χ3n) is 10.1. The molecule has 10 aromatic rings. The normalized spacial score (nSPS) is 11.7. The van der Waals surface area contributed by atoms with Gasteiger partial charge in [-0.25, -0.2) is 0 Å². The lowest BCUT2D eigenvalue weighted by Crippen LogP contribution is -1.92. The third kappa shape index (κ3) is 4.40. The van der Waals surface area contributed by atoms with Crippen LogP contribution in [0.3, 0.4) is 0 Å². The molecule has 0 bridgehead atoms. The Hall–Kier alpha value is -6.44. The molecule has 0 spiro atoms. The van der Waals surface area contributed by atoms with Gasteiger partial charge in [0, 0.05) is 16.2 Å². The van der Waals surface area contributed by atoms with E-state index in [1.54, 1.807) is 0 Å². The second-order valence-corrected chi connectivity index (χ2v) is 12.8. The maximum absolute atomic E-state index is 6.39. The van der Waals surface area contributed by atoms with Gasteiger partial charge >= 0.3 is 0 Å². The first-order valence-electron chi connectivity index (χ1n) is 16.8. The second-order valence-electron chi connectivity index (χ2n) is 12.8. The fraction of sp³-hybridized carbons (Fsp3) is 0. The molecule has 228 valence electrons. The number of furan rings is 1. The van der Waals surface area contributed by atoms with Gasteiger partial charge in [-0.2, -0.15) is 0 Å². The van der Waals surface area contributed by atoms with E-state index >= 15 is 0 Å². The Balaban J connectivity index is 1.13. The van der Waals surface area contributed by atoms with Crippen LogP contribution in [0.5, 0.6) is 0 Å². The van der Waals surface area contributed by atoms with Crippen molar-refractivity contribution in [2.45, 2.75) is 0 Å². The molecule has 1 aromatic heterocycles. The van der Waals surface area contributed by atoms with Crippen LogP contribution in [-0.2, 0) is 0 Å². The lowest BCUT2D eigenvalue weighted by Gasteiger charge is -2.19. The van der Waals surface area contributed by atoms with Crippen molar-refractivity contribution in [1.29, 1.82) is 0 Å². The molecule has 1 heteroatoms. The summed E-state index contributed by atoms with van der Waals surface area (Å²) in [6, 6.07) is 65.8.